The van der Waals surface area contributed by atoms with Crippen molar-refractivity contribution in [2.24, 2.45) is 5.92 Å². The van der Waals surface area contributed by atoms with Gasteiger partial charge in [-0.25, -0.2) is 0 Å². The molecule has 1 aromatic heterocycles. The second-order valence-electron chi connectivity index (χ2n) is 8.48. The van der Waals surface area contributed by atoms with Crippen molar-refractivity contribution in [2.75, 3.05) is 20.3 Å². The maximum absolute atomic E-state index is 13.7. The second-order valence-corrected chi connectivity index (χ2v) is 9.46. The third-order valence-electron chi connectivity index (χ3n) is 6.45. The summed E-state index contributed by atoms with van der Waals surface area (Å²) >= 11 is 1.60. The molecule has 4 rings (SSSR count). The van der Waals surface area contributed by atoms with Crippen LogP contribution >= 0.6 is 11.3 Å². The first-order valence-corrected chi connectivity index (χ1v) is 11.7. The fourth-order valence-corrected chi connectivity index (χ4v) is 5.66. The van der Waals surface area contributed by atoms with E-state index in [1.54, 1.807) is 18.4 Å². The number of hydrogen-bond acceptors (Lipinski definition) is 4. The van der Waals surface area contributed by atoms with E-state index in [0.717, 1.165) is 42.0 Å². The van der Waals surface area contributed by atoms with Gasteiger partial charge in [-0.2, -0.15) is 0 Å². The summed E-state index contributed by atoms with van der Waals surface area (Å²) in [5.74, 6) is 0.301. The van der Waals surface area contributed by atoms with Crippen molar-refractivity contribution in [3.05, 3.63) is 57.8 Å². The topological polar surface area (TPSA) is 58.6 Å². The van der Waals surface area contributed by atoms with Gasteiger partial charge >= 0.3 is 0 Å². The molecule has 1 N–H and O–H groups in total. The molecule has 6 heteroatoms. The Balaban J connectivity index is 1.71. The van der Waals surface area contributed by atoms with Crippen molar-refractivity contribution in [3.8, 4) is 0 Å². The van der Waals surface area contributed by atoms with Gasteiger partial charge in [0, 0.05) is 30.1 Å². The normalized spacial score (nSPS) is 26.3. The third kappa shape index (κ3) is 4.16. The van der Waals surface area contributed by atoms with E-state index >= 15 is 0 Å². The van der Waals surface area contributed by atoms with Gasteiger partial charge in [0.15, 0.2) is 0 Å². The van der Waals surface area contributed by atoms with Crippen LogP contribution in [0.25, 0.3) is 0 Å². The van der Waals surface area contributed by atoms with Gasteiger partial charge in [-0.3, -0.25) is 9.59 Å². The number of fused-ring (bicyclic) bond motifs is 1. The van der Waals surface area contributed by atoms with E-state index < -0.39 is 5.92 Å². The van der Waals surface area contributed by atoms with Crippen LogP contribution in [0.4, 0.5) is 0 Å². The second kappa shape index (κ2) is 9.31. The Morgan fingerprint density at radius 3 is 2.63 bits per heavy atom. The molecular weight excluding hydrogens is 396 g/mol. The van der Waals surface area contributed by atoms with E-state index in [1.165, 1.54) is 0 Å². The summed E-state index contributed by atoms with van der Waals surface area (Å²) in [4.78, 5) is 29.9. The number of hydrogen-bond donors (Lipinski definition) is 1. The maximum atomic E-state index is 13.7. The van der Waals surface area contributed by atoms with Crippen molar-refractivity contribution in [1.82, 2.24) is 10.2 Å². The zero-order chi connectivity index (χ0) is 21.1. The summed E-state index contributed by atoms with van der Waals surface area (Å²) in [6.07, 6.45) is 4.35. The number of amides is 2. The molecule has 1 saturated carbocycles. The highest BCUT2D eigenvalue weighted by Crippen LogP contribution is 2.44. The number of benzene rings is 1. The van der Waals surface area contributed by atoms with Gasteiger partial charge < -0.3 is 15.0 Å². The van der Waals surface area contributed by atoms with Crippen LogP contribution in [0.2, 0.25) is 0 Å². The minimum atomic E-state index is -0.422. The Bertz CT molecular complexity index is 874. The quantitative estimate of drug-likeness (QED) is 0.746. The monoisotopic (exact) mass is 426 g/mol. The number of nitrogens with one attached hydrogen (secondary N) is 1. The molecule has 0 unspecified atom stereocenters. The van der Waals surface area contributed by atoms with E-state index in [0.29, 0.717) is 18.7 Å². The molecule has 0 saturated heterocycles. The lowest BCUT2D eigenvalue weighted by atomic mass is 9.80. The Morgan fingerprint density at radius 2 is 1.93 bits per heavy atom. The fourth-order valence-electron chi connectivity index (χ4n) is 4.78. The summed E-state index contributed by atoms with van der Waals surface area (Å²) in [7, 11) is 1.64. The van der Waals surface area contributed by atoms with Gasteiger partial charge in [-0.15, -0.1) is 11.3 Å². The van der Waals surface area contributed by atoms with Crippen molar-refractivity contribution >= 4 is 23.2 Å². The van der Waals surface area contributed by atoms with E-state index in [1.807, 2.05) is 46.7 Å². The third-order valence-corrected chi connectivity index (χ3v) is 7.40. The SMILES string of the molecule is COCCN1C(=O)c2ccccc2[C@@H](C(=O)NC2CCC(C)CC2)[C@H]1c1cccs1. The Labute approximate surface area is 182 Å². The van der Waals surface area contributed by atoms with Crippen LogP contribution in [-0.2, 0) is 9.53 Å². The van der Waals surface area contributed by atoms with Crippen LogP contribution in [0.5, 0.6) is 0 Å². The van der Waals surface area contributed by atoms with Gasteiger partial charge in [0.05, 0.1) is 18.6 Å². The highest BCUT2D eigenvalue weighted by molar-refractivity contribution is 7.10. The average molecular weight is 427 g/mol. The Morgan fingerprint density at radius 1 is 1.17 bits per heavy atom. The first-order chi connectivity index (χ1) is 14.6. The van der Waals surface area contributed by atoms with Gasteiger partial charge in [-0.1, -0.05) is 31.2 Å². The highest BCUT2D eigenvalue weighted by atomic mass is 32.1. The van der Waals surface area contributed by atoms with Crippen LogP contribution in [-0.4, -0.2) is 43.0 Å². The van der Waals surface area contributed by atoms with E-state index in [9.17, 15) is 9.59 Å². The number of carbonyl (C=O) groups excluding carboxylic acids is 2. The van der Waals surface area contributed by atoms with E-state index in [-0.39, 0.29) is 23.9 Å². The van der Waals surface area contributed by atoms with Crippen molar-refractivity contribution in [1.29, 1.82) is 0 Å². The Kier molecular flexibility index (Phi) is 6.54. The van der Waals surface area contributed by atoms with Crippen LogP contribution in [0.3, 0.4) is 0 Å². The predicted octanol–water partition coefficient (Wildman–Crippen LogP) is 4.37. The van der Waals surface area contributed by atoms with Crippen LogP contribution < -0.4 is 5.32 Å². The molecular formula is C24H30N2O3S. The molecule has 0 bridgehead atoms. The van der Waals surface area contributed by atoms with Crippen molar-refractivity contribution in [2.45, 2.75) is 50.6 Å². The van der Waals surface area contributed by atoms with Gasteiger partial charge in [0.1, 0.15) is 0 Å². The number of ether oxygens (including phenoxy) is 1. The molecule has 0 spiro atoms. The molecule has 2 aromatic rings. The first kappa shape index (κ1) is 21.1. The lowest BCUT2D eigenvalue weighted by Gasteiger charge is -2.41. The number of thiophene rings is 1. The van der Waals surface area contributed by atoms with Crippen LogP contribution in [0.15, 0.2) is 41.8 Å². The molecule has 1 aliphatic heterocycles. The molecule has 2 amide bonds. The van der Waals surface area contributed by atoms with Crippen LogP contribution in [0.1, 0.15) is 65.4 Å². The van der Waals surface area contributed by atoms with E-state index in [4.69, 9.17) is 4.74 Å². The smallest absolute Gasteiger partial charge is 0.254 e. The maximum Gasteiger partial charge on any atom is 0.254 e. The molecule has 1 fully saturated rings. The summed E-state index contributed by atoms with van der Waals surface area (Å²) in [6.45, 7) is 3.17. The fraction of sp³-hybridized carbons (Fsp3) is 0.500. The molecule has 5 nitrogen and oxygen atoms in total. The van der Waals surface area contributed by atoms with Gasteiger partial charge in [0.25, 0.3) is 5.91 Å². The Hall–Kier alpha value is -2.18. The zero-order valence-corrected chi connectivity index (χ0v) is 18.5. The molecule has 1 aromatic carbocycles. The van der Waals surface area contributed by atoms with Gasteiger partial charge in [0.2, 0.25) is 5.91 Å². The summed E-state index contributed by atoms with van der Waals surface area (Å²) in [5, 5.41) is 5.34. The summed E-state index contributed by atoms with van der Waals surface area (Å²) < 4.78 is 5.28. The lowest BCUT2D eigenvalue weighted by Crippen LogP contribution is -2.50. The van der Waals surface area contributed by atoms with Crippen molar-refractivity contribution < 1.29 is 14.3 Å². The molecule has 2 aliphatic rings. The minimum Gasteiger partial charge on any atom is -0.383 e. The van der Waals surface area contributed by atoms with Crippen LogP contribution in [0, 0.1) is 5.92 Å². The molecule has 2 atom stereocenters. The minimum absolute atomic E-state index is 0.0234. The van der Waals surface area contributed by atoms with E-state index in [2.05, 4.69) is 12.2 Å². The number of carbonyl (C=O) groups is 2. The van der Waals surface area contributed by atoms with Crippen molar-refractivity contribution in [3.63, 3.8) is 0 Å². The lowest BCUT2D eigenvalue weighted by molar-refractivity contribution is -0.125. The molecule has 1 aliphatic carbocycles. The summed E-state index contributed by atoms with van der Waals surface area (Å²) in [6, 6.07) is 11.5. The average Bonchev–Trinajstić information content (AvgIpc) is 3.29. The zero-order valence-electron chi connectivity index (χ0n) is 17.7. The largest absolute Gasteiger partial charge is 0.383 e. The predicted molar refractivity (Wildman–Crippen MR) is 119 cm³/mol. The molecule has 2 heterocycles. The highest BCUT2D eigenvalue weighted by Gasteiger charge is 2.44. The number of rotatable bonds is 6. The van der Waals surface area contributed by atoms with Gasteiger partial charge in [-0.05, 0) is 54.7 Å². The molecule has 30 heavy (non-hydrogen) atoms. The molecule has 160 valence electrons. The molecule has 0 radical (unpaired) electrons. The summed E-state index contributed by atoms with van der Waals surface area (Å²) in [5.41, 5.74) is 1.45. The number of methoxy groups -OCH3 is 1. The number of nitrogens with zero attached hydrogens (tertiary/aromatic N) is 1. The standard InChI is InChI=1S/C24H30N2O3S/c1-16-9-11-17(12-10-16)25-23(27)21-18-6-3-4-7-19(18)24(28)26(13-14-29-2)22(21)20-8-5-15-30-20/h3-8,15-17,21-22H,9-14H2,1-2H3,(H,25,27)/t16?,17?,21-,22-/m1/s1. The first-order valence-electron chi connectivity index (χ1n) is 10.8.